The molecular weight excluding hydrogens is 174 g/mol. The molecule has 1 aromatic carbocycles. The van der Waals surface area contributed by atoms with Crippen LogP contribution in [0, 0.1) is 13.8 Å². The van der Waals surface area contributed by atoms with Crippen LogP contribution in [0.25, 0.3) is 11.4 Å². The maximum absolute atomic E-state index is 5.80. The summed E-state index contributed by atoms with van der Waals surface area (Å²) in [4.78, 5) is 4.38. The molecule has 3 nitrogen and oxygen atoms in total. The molecule has 0 spiro atoms. The first-order valence-corrected chi connectivity index (χ1v) is 4.55. The Balaban J connectivity index is 2.60. The Morgan fingerprint density at radius 1 is 1.21 bits per heavy atom. The molecule has 0 radical (unpaired) electrons. The molecule has 2 rings (SSSR count). The van der Waals surface area contributed by atoms with E-state index in [1.807, 2.05) is 31.3 Å². The van der Waals surface area contributed by atoms with Crippen LogP contribution in [-0.4, -0.2) is 9.66 Å². The summed E-state index contributed by atoms with van der Waals surface area (Å²) in [5.74, 6) is 6.62. The lowest BCUT2D eigenvalue weighted by atomic mass is 10.1. The molecule has 0 amide bonds. The van der Waals surface area contributed by atoms with Gasteiger partial charge in [-0.15, -0.1) is 0 Å². The van der Waals surface area contributed by atoms with E-state index in [1.54, 1.807) is 4.68 Å². The minimum absolute atomic E-state index is 0.820. The molecule has 1 aromatic heterocycles. The Bertz CT molecular complexity index is 457. The van der Waals surface area contributed by atoms with Crippen LogP contribution in [0.1, 0.15) is 11.3 Å². The van der Waals surface area contributed by atoms with Gasteiger partial charge < -0.3 is 5.84 Å². The summed E-state index contributed by atoms with van der Waals surface area (Å²) in [5, 5.41) is 0. The van der Waals surface area contributed by atoms with Crippen molar-refractivity contribution < 1.29 is 0 Å². The van der Waals surface area contributed by atoms with Gasteiger partial charge in [0.15, 0.2) is 5.82 Å². The lowest BCUT2D eigenvalue weighted by molar-refractivity contribution is 1.01. The van der Waals surface area contributed by atoms with Gasteiger partial charge in [0.05, 0.1) is 5.69 Å². The molecule has 2 aromatic rings. The van der Waals surface area contributed by atoms with E-state index in [1.165, 1.54) is 5.56 Å². The third-order valence-corrected chi connectivity index (χ3v) is 2.24. The standard InChI is InChI=1S/C11H13N3/c1-8-5-3-4-6-10(8)11-13-9(2)7-14(11)12/h3-7H,12H2,1-2H3. The number of hydrogen-bond acceptors (Lipinski definition) is 2. The van der Waals surface area contributed by atoms with Gasteiger partial charge in [0.1, 0.15) is 0 Å². The molecule has 0 aliphatic carbocycles. The molecule has 0 bridgehead atoms. The van der Waals surface area contributed by atoms with Gasteiger partial charge in [-0.2, -0.15) is 0 Å². The Labute approximate surface area is 83.2 Å². The average molecular weight is 187 g/mol. The third kappa shape index (κ3) is 1.37. The fourth-order valence-corrected chi connectivity index (χ4v) is 1.54. The fourth-order valence-electron chi connectivity index (χ4n) is 1.54. The van der Waals surface area contributed by atoms with E-state index in [9.17, 15) is 0 Å². The number of nitrogens with two attached hydrogens (primary N) is 1. The highest BCUT2D eigenvalue weighted by Gasteiger charge is 2.07. The minimum Gasteiger partial charge on any atom is -0.338 e. The highest BCUT2D eigenvalue weighted by molar-refractivity contribution is 5.60. The van der Waals surface area contributed by atoms with Crippen LogP contribution < -0.4 is 5.84 Å². The van der Waals surface area contributed by atoms with Gasteiger partial charge in [0.25, 0.3) is 0 Å². The summed E-state index contributed by atoms with van der Waals surface area (Å²) in [7, 11) is 0. The van der Waals surface area contributed by atoms with Crippen LogP contribution in [0.4, 0.5) is 0 Å². The van der Waals surface area contributed by atoms with Crippen LogP contribution in [-0.2, 0) is 0 Å². The predicted molar refractivity (Wildman–Crippen MR) is 57.3 cm³/mol. The van der Waals surface area contributed by atoms with E-state index in [0.717, 1.165) is 17.1 Å². The zero-order chi connectivity index (χ0) is 10.1. The first kappa shape index (κ1) is 8.81. The lowest BCUT2D eigenvalue weighted by Gasteiger charge is -2.04. The van der Waals surface area contributed by atoms with Crippen LogP contribution in [0.15, 0.2) is 30.5 Å². The highest BCUT2D eigenvalue weighted by atomic mass is 15.3. The second-order valence-electron chi connectivity index (χ2n) is 3.43. The van der Waals surface area contributed by atoms with Gasteiger partial charge >= 0.3 is 0 Å². The monoisotopic (exact) mass is 187 g/mol. The molecule has 14 heavy (non-hydrogen) atoms. The molecule has 0 saturated heterocycles. The topological polar surface area (TPSA) is 43.8 Å². The molecule has 0 aliphatic heterocycles. The van der Waals surface area contributed by atoms with Crippen molar-refractivity contribution in [1.82, 2.24) is 9.66 Å². The minimum atomic E-state index is 0.820. The predicted octanol–water partition coefficient (Wildman–Crippen LogP) is 1.88. The highest BCUT2D eigenvalue weighted by Crippen LogP contribution is 2.20. The average Bonchev–Trinajstić information content (AvgIpc) is 2.46. The van der Waals surface area contributed by atoms with Gasteiger partial charge in [-0.3, -0.25) is 4.68 Å². The van der Waals surface area contributed by atoms with Crippen molar-refractivity contribution in [1.29, 1.82) is 0 Å². The van der Waals surface area contributed by atoms with Gasteiger partial charge in [0, 0.05) is 11.8 Å². The number of nitrogens with zero attached hydrogens (tertiary/aromatic N) is 2. The number of aryl methyl sites for hydroxylation is 2. The summed E-state index contributed by atoms with van der Waals surface area (Å²) in [6.45, 7) is 3.99. The van der Waals surface area contributed by atoms with Crippen molar-refractivity contribution in [3.8, 4) is 11.4 Å². The first-order chi connectivity index (χ1) is 6.68. The van der Waals surface area contributed by atoms with E-state index < -0.39 is 0 Å². The summed E-state index contributed by atoms with van der Waals surface area (Å²) in [6, 6.07) is 8.08. The third-order valence-electron chi connectivity index (χ3n) is 2.24. The lowest BCUT2D eigenvalue weighted by Crippen LogP contribution is -2.08. The van der Waals surface area contributed by atoms with Crippen LogP contribution >= 0.6 is 0 Å². The second-order valence-corrected chi connectivity index (χ2v) is 3.43. The van der Waals surface area contributed by atoms with Crippen LogP contribution in [0.3, 0.4) is 0 Å². The van der Waals surface area contributed by atoms with E-state index in [0.29, 0.717) is 0 Å². The second kappa shape index (κ2) is 3.18. The molecule has 0 aliphatic rings. The first-order valence-electron chi connectivity index (χ1n) is 4.55. The number of imidazole rings is 1. The largest absolute Gasteiger partial charge is 0.338 e. The number of aromatic nitrogens is 2. The van der Waals surface area contributed by atoms with Crippen molar-refractivity contribution >= 4 is 0 Å². The number of nitrogen functional groups attached to an aromatic ring is 1. The quantitative estimate of drug-likeness (QED) is 0.693. The van der Waals surface area contributed by atoms with Gasteiger partial charge in [0.2, 0.25) is 0 Å². The van der Waals surface area contributed by atoms with Gasteiger partial charge in [-0.05, 0) is 19.4 Å². The molecule has 1 heterocycles. The summed E-state index contributed by atoms with van der Waals surface area (Å²) >= 11 is 0. The normalized spacial score (nSPS) is 10.4. The fraction of sp³-hybridized carbons (Fsp3) is 0.182. The molecular formula is C11H13N3. The van der Waals surface area contributed by atoms with Gasteiger partial charge in [-0.1, -0.05) is 24.3 Å². The zero-order valence-electron chi connectivity index (χ0n) is 8.36. The molecule has 0 atom stereocenters. The van der Waals surface area contributed by atoms with Crippen molar-refractivity contribution in [3.05, 3.63) is 41.7 Å². The van der Waals surface area contributed by atoms with E-state index in [2.05, 4.69) is 18.0 Å². The van der Waals surface area contributed by atoms with Crippen molar-refractivity contribution in [2.24, 2.45) is 0 Å². The smallest absolute Gasteiger partial charge is 0.158 e. The Morgan fingerprint density at radius 3 is 2.50 bits per heavy atom. The number of rotatable bonds is 1. The van der Waals surface area contributed by atoms with Gasteiger partial charge in [-0.25, -0.2) is 4.98 Å². The van der Waals surface area contributed by atoms with Crippen molar-refractivity contribution in [2.45, 2.75) is 13.8 Å². The molecule has 3 heteroatoms. The molecule has 0 fully saturated rings. The van der Waals surface area contributed by atoms with Crippen LogP contribution in [0.5, 0.6) is 0 Å². The summed E-state index contributed by atoms with van der Waals surface area (Å²) < 4.78 is 1.57. The van der Waals surface area contributed by atoms with E-state index in [-0.39, 0.29) is 0 Å². The Kier molecular flexibility index (Phi) is 2.00. The van der Waals surface area contributed by atoms with Crippen molar-refractivity contribution in [3.63, 3.8) is 0 Å². The molecule has 0 unspecified atom stereocenters. The number of hydrogen-bond donors (Lipinski definition) is 1. The van der Waals surface area contributed by atoms with E-state index in [4.69, 9.17) is 5.84 Å². The molecule has 72 valence electrons. The zero-order valence-corrected chi connectivity index (χ0v) is 8.36. The van der Waals surface area contributed by atoms with Crippen molar-refractivity contribution in [2.75, 3.05) is 5.84 Å². The molecule has 0 saturated carbocycles. The SMILES string of the molecule is Cc1cn(N)c(-c2ccccc2C)n1. The summed E-state index contributed by atoms with van der Waals surface area (Å²) in [6.07, 6.45) is 1.82. The Hall–Kier alpha value is -1.77. The maximum Gasteiger partial charge on any atom is 0.158 e. The van der Waals surface area contributed by atoms with E-state index >= 15 is 0 Å². The summed E-state index contributed by atoms with van der Waals surface area (Å²) in [5.41, 5.74) is 3.21. The Morgan fingerprint density at radius 2 is 1.93 bits per heavy atom. The number of benzene rings is 1. The van der Waals surface area contributed by atoms with Crippen LogP contribution in [0.2, 0.25) is 0 Å². The maximum atomic E-state index is 5.80. The molecule has 2 N–H and O–H groups in total.